The van der Waals surface area contributed by atoms with E-state index in [0.29, 0.717) is 19.8 Å². The summed E-state index contributed by atoms with van der Waals surface area (Å²) < 4.78 is 11.3. The molecule has 1 N–H and O–H groups in total. The van der Waals surface area contributed by atoms with Gasteiger partial charge in [0.2, 0.25) is 0 Å². The molecule has 4 heteroatoms. The Morgan fingerprint density at radius 2 is 2.28 bits per heavy atom. The predicted octanol–water partition coefficient (Wildman–Crippen LogP) is 2.71. The highest BCUT2D eigenvalue weighted by atomic mass is 35.5. The third kappa shape index (κ3) is 3.23. The average molecular weight is 270 g/mol. The molecular weight excluding hydrogens is 250 g/mol. The highest BCUT2D eigenvalue weighted by Crippen LogP contribution is 2.26. The molecule has 1 saturated heterocycles. The molecule has 2 unspecified atom stereocenters. The largest absolute Gasteiger partial charge is 0.376 e. The van der Waals surface area contributed by atoms with Crippen LogP contribution in [0.25, 0.3) is 0 Å². The minimum Gasteiger partial charge on any atom is -0.376 e. The average Bonchev–Trinajstić information content (AvgIpc) is 2.40. The molecular formula is C14H20ClNO2. The maximum Gasteiger partial charge on any atom is 0.100 e. The molecule has 0 saturated carbocycles. The zero-order chi connectivity index (χ0) is 13.0. The Labute approximate surface area is 113 Å². The number of aryl methyl sites for hydroxylation is 1. The maximum absolute atomic E-state index is 6.20. The third-order valence-electron chi connectivity index (χ3n) is 3.19. The number of rotatable bonds is 4. The van der Waals surface area contributed by atoms with Crippen molar-refractivity contribution < 1.29 is 9.47 Å². The van der Waals surface area contributed by atoms with Gasteiger partial charge in [0.05, 0.1) is 25.9 Å². The van der Waals surface area contributed by atoms with Gasteiger partial charge in [0.1, 0.15) is 6.10 Å². The summed E-state index contributed by atoms with van der Waals surface area (Å²) in [6.07, 6.45) is 0.0532. The van der Waals surface area contributed by atoms with Gasteiger partial charge in [0.15, 0.2) is 0 Å². The van der Waals surface area contributed by atoms with Gasteiger partial charge in [-0.05, 0) is 30.7 Å². The van der Waals surface area contributed by atoms with Crippen molar-refractivity contribution in [2.75, 3.05) is 26.4 Å². The van der Waals surface area contributed by atoms with Crippen molar-refractivity contribution in [2.45, 2.75) is 26.0 Å². The van der Waals surface area contributed by atoms with Crippen molar-refractivity contribution >= 4 is 11.6 Å². The van der Waals surface area contributed by atoms with Crippen molar-refractivity contribution in [2.24, 2.45) is 0 Å². The van der Waals surface area contributed by atoms with E-state index >= 15 is 0 Å². The molecule has 0 spiro atoms. The smallest absolute Gasteiger partial charge is 0.100 e. The topological polar surface area (TPSA) is 30.5 Å². The molecule has 18 heavy (non-hydrogen) atoms. The highest BCUT2D eigenvalue weighted by Gasteiger charge is 2.26. The predicted molar refractivity (Wildman–Crippen MR) is 73.2 cm³/mol. The first-order valence-corrected chi connectivity index (χ1v) is 6.79. The van der Waals surface area contributed by atoms with Gasteiger partial charge in [-0.1, -0.05) is 30.7 Å². The second-order valence-electron chi connectivity index (χ2n) is 4.53. The van der Waals surface area contributed by atoms with Gasteiger partial charge >= 0.3 is 0 Å². The zero-order valence-electron chi connectivity index (χ0n) is 10.9. The van der Waals surface area contributed by atoms with Gasteiger partial charge in [0.25, 0.3) is 0 Å². The normalized spacial score (nSPS) is 21.8. The standard InChI is InChI=1S/C14H20ClNO2/c1-3-16-14(13-9-17-6-7-18-13)11-5-4-10(2)12(15)8-11/h4-5,8,13-14,16H,3,6-7,9H2,1-2H3. The van der Waals surface area contributed by atoms with E-state index in [0.717, 1.165) is 22.7 Å². The van der Waals surface area contributed by atoms with Crippen LogP contribution in [0.5, 0.6) is 0 Å². The Morgan fingerprint density at radius 1 is 1.44 bits per heavy atom. The van der Waals surface area contributed by atoms with E-state index in [4.69, 9.17) is 21.1 Å². The van der Waals surface area contributed by atoms with Gasteiger partial charge in [-0.25, -0.2) is 0 Å². The summed E-state index contributed by atoms with van der Waals surface area (Å²) in [6, 6.07) is 6.30. The first-order valence-electron chi connectivity index (χ1n) is 6.41. The molecule has 1 fully saturated rings. The summed E-state index contributed by atoms with van der Waals surface area (Å²) in [7, 11) is 0. The number of nitrogens with one attached hydrogen (secondary N) is 1. The summed E-state index contributed by atoms with van der Waals surface area (Å²) in [5, 5.41) is 4.25. The van der Waals surface area contributed by atoms with Crippen LogP contribution in [-0.2, 0) is 9.47 Å². The summed E-state index contributed by atoms with van der Waals surface area (Å²) >= 11 is 6.20. The fourth-order valence-electron chi connectivity index (χ4n) is 2.18. The van der Waals surface area contributed by atoms with Gasteiger partial charge in [-0.15, -0.1) is 0 Å². The summed E-state index contributed by atoms with van der Waals surface area (Å²) in [6.45, 7) is 6.95. The van der Waals surface area contributed by atoms with Crippen LogP contribution in [0.3, 0.4) is 0 Å². The van der Waals surface area contributed by atoms with E-state index in [-0.39, 0.29) is 12.1 Å². The van der Waals surface area contributed by atoms with Crippen molar-refractivity contribution in [1.82, 2.24) is 5.32 Å². The lowest BCUT2D eigenvalue weighted by molar-refractivity contribution is -0.102. The number of benzene rings is 1. The fraction of sp³-hybridized carbons (Fsp3) is 0.571. The molecule has 1 aliphatic rings. The lowest BCUT2D eigenvalue weighted by Gasteiger charge is -2.31. The minimum absolute atomic E-state index is 0.0532. The second-order valence-corrected chi connectivity index (χ2v) is 4.94. The van der Waals surface area contributed by atoms with E-state index < -0.39 is 0 Å². The van der Waals surface area contributed by atoms with Crippen molar-refractivity contribution in [3.63, 3.8) is 0 Å². The van der Waals surface area contributed by atoms with E-state index in [1.807, 2.05) is 19.1 Å². The molecule has 2 atom stereocenters. The first kappa shape index (κ1) is 13.8. The SMILES string of the molecule is CCNC(c1ccc(C)c(Cl)c1)C1COCCO1. The van der Waals surface area contributed by atoms with Gasteiger partial charge in [-0.3, -0.25) is 0 Å². The summed E-state index contributed by atoms with van der Waals surface area (Å²) in [4.78, 5) is 0. The molecule has 1 aromatic rings. The minimum atomic E-state index is 0.0532. The van der Waals surface area contributed by atoms with Gasteiger partial charge in [0, 0.05) is 5.02 Å². The van der Waals surface area contributed by atoms with Crippen LogP contribution in [0.2, 0.25) is 5.02 Å². The monoisotopic (exact) mass is 269 g/mol. The van der Waals surface area contributed by atoms with E-state index in [9.17, 15) is 0 Å². The number of likely N-dealkylation sites (N-methyl/N-ethyl adjacent to an activating group) is 1. The van der Waals surface area contributed by atoms with E-state index in [1.54, 1.807) is 0 Å². The zero-order valence-corrected chi connectivity index (χ0v) is 11.7. The van der Waals surface area contributed by atoms with Crippen molar-refractivity contribution in [1.29, 1.82) is 0 Å². The Bertz CT molecular complexity index is 391. The van der Waals surface area contributed by atoms with Crippen LogP contribution in [0, 0.1) is 6.92 Å². The Balaban J connectivity index is 2.19. The molecule has 0 radical (unpaired) electrons. The fourth-order valence-corrected chi connectivity index (χ4v) is 2.37. The lowest BCUT2D eigenvalue weighted by atomic mass is 10.00. The molecule has 0 aromatic heterocycles. The Kier molecular flexibility index (Phi) is 5.01. The van der Waals surface area contributed by atoms with Crippen molar-refractivity contribution in [3.05, 3.63) is 34.3 Å². The van der Waals surface area contributed by atoms with E-state index in [1.165, 1.54) is 0 Å². The lowest BCUT2D eigenvalue weighted by Crippen LogP contribution is -2.40. The van der Waals surface area contributed by atoms with Crippen LogP contribution in [-0.4, -0.2) is 32.5 Å². The first-order chi connectivity index (χ1) is 8.72. The molecule has 1 aliphatic heterocycles. The summed E-state index contributed by atoms with van der Waals surface area (Å²) in [5.74, 6) is 0. The molecule has 1 heterocycles. The van der Waals surface area contributed by atoms with Gasteiger partial charge in [-0.2, -0.15) is 0 Å². The van der Waals surface area contributed by atoms with Crippen molar-refractivity contribution in [3.8, 4) is 0 Å². The van der Waals surface area contributed by atoms with Crippen LogP contribution in [0.1, 0.15) is 24.1 Å². The Hall–Kier alpha value is -0.610. The molecule has 2 rings (SSSR count). The summed E-state index contributed by atoms with van der Waals surface area (Å²) in [5.41, 5.74) is 2.25. The molecule has 3 nitrogen and oxygen atoms in total. The van der Waals surface area contributed by atoms with Crippen LogP contribution >= 0.6 is 11.6 Å². The second kappa shape index (κ2) is 6.53. The molecule has 0 bridgehead atoms. The molecule has 100 valence electrons. The third-order valence-corrected chi connectivity index (χ3v) is 3.60. The molecule has 0 aliphatic carbocycles. The molecule has 1 aromatic carbocycles. The number of halogens is 1. The number of hydrogen-bond acceptors (Lipinski definition) is 3. The highest BCUT2D eigenvalue weighted by molar-refractivity contribution is 6.31. The van der Waals surface area contributed by atoms with Gasteiger partial charge < -0.3 is 14.8 Å². The van der Waals surface area contributed by atoms with E-state index in [2.05, 4.69) is 18.3 Å². The molecule has 0 amide bonds. The van der Waals surface area contributed by atoms with Crippen LogP contribution in [0.4, 0.5) is 0 Å². The maximum atomic E-state index is 6.20. The quantitative estimate of drug-likeness (QED) is 0.912. The number of hydrogen-bond donors (Lipinski definition) is 1. The van der Waals surface area contributed by atoms with Crippen LogP contribution in [0.15, 0.2) is 18.2 Å². The number of ether oxygens (including phenoxy) is 2. The van der Waals surface area contributed by atoms with Crippen LogP contribution < -0.4 is 5.32 Å². The Morgan fingerprint density at radius 3 is 2.89 bits per heavy atom.